The Labute approximate surface area is 155 Å². The SMILES string of the molecule is Cn1cc(-c2nccn3nc(Nc4cnn(C5CCNCC5)c4)nc23)cn1. The summed E-state index contributed by atoms with van der Waals surface area (Å²) in [6, 6.07) is 0.442. The van der Waals surface area contributed by atoms with Gasteiger partial charge in [-0.3, -0.25) is 14.3 Å². The smallest absolute Gasteiger partial charge is 0.247 e. The predicted octanol–water partition coefficient (Wildman–Crippen LogP) is 1.39. The molecule has 4 aromatic rings. The van der Waals surface area contributed by atoms with Gasteiger partial charge in [0.1, 0.15) is 5.69 Å². The van der Waals surface area contributed by atoms with Crippen LogP contribution in [0.3, 0.4) is 0 Å². The average Bonchev–Trinajstić information content (AvgIpc) is 3.41. The zero-order valence-electron chi connectivity index (χ0n) is 14.9. The van der Waals surface area contributed by atoms with E-state index >= 15 is 0 Å². The van der Waals surface area contributed by atoms with E-state index in [4.69, 9.17) is 0 Å². The Hall–Kier alpha value is -3.27. The summed E-state index contributed by atoms with van der Waals surface area (Å²) >= 11 is 0. The van der Waals surface area contributed by atoms with E-state index in [2.05, 4.69) is 35.9 Å². The van der Waals surface area contributed by atoms with Crippen LogP contribution in [0, 0.1) is 0 Å². The topological polar surface area (TPSA) is 103 Å². The number of hydrogen-bond acceptors (Lipinski definition) is 7. The highest BCUT2D eigenvalue weighted by atomic mass is 15.4. The molecule has 0 saturated carbocycles. The van der Waals surface area contributed by atoms with E-state index in [-0.39, 0.29) is 0 Å². The number of aryl methyl sites for hydroxylation is 1. The van der Waals surface area contributed by atoms with Crippen LogP contribution in [0.25, 0.3) is 16.9 Å². The molecule has 0 amide bonds. The van der Waals surface area contributed by atoms with Crippen molar-refractivity contribution in [3.63, 3.8) is 0 Å². The van der Waals surface area contributed by atoms with Crippen molar-refractivity contribution in [2.24, 2.45) is 7.05 Å². The molecule has 5 rings (SSSR count). The first-order chi connectivity index (χ1) is 13.3. The molecule has 2 N–H and O–H groups in total. The van der Waals surface area contributed by atoms with E-state index in [0.717, 1.165) is 42.9 Å². The molecule has 1 fully saturated rings. The first kappa shape index (κ1) is 15.9. The number of fused-ring (bicyclic) bond motifs is 1. The lowest BCUT2D eigenvalue weighted by Crippen LogP contribution is -2.29. The van der Waals surface area contributed by atoms with Crippen LogP contribution in [0.2, 0.25) is 0 Å². The van der Waals surface area contributed by atoms with Crippen LogP contribution in [0.5, 0.6) is 0 Å². The first-order valence-corrected chi connectivity index (χ1v) is 8.98. The largest absolute Gasteiger partial charge is 0.320 e. The van der Waals surface area contributed by atoms with Crippen LogP contribution in [0.1, 0.15) is 18.9 Å². The molecule has 27 heavy (non-hydrogen) atoms. The Balaban J connectivity index is 1.42. The quantitative estimate of drug-likeness (QED) is 0.564. The minimum Gasteiger partial charge on any atom is -0.320 e. The summed E-state index contributed by atoms with van der Waals surface area (Å²) in [6.07, 6.45) is 13.2. The van der Waals surface area contributed by atoms with E-state index in [9.17, 15) is 0 Å². The van der Waals surface area contributed by atoms with Gasteiger partial charge in [-0.15, -0.1) is 5.10 Å². The zero-order chi connectivity index (χ0) is 18.2. The molecule has 0 spiro atoms. The Morgan fingerprint density at radius 2 is 2.04 bits per heavy atom. The highest BCUT2D eigenvalue weighted by molar-refractivity contribution is 5.73. The Kier molecular flexibility index (Phi) is 3.82. The van der Waals surface area contributed by atoms with Crippen molar-refractivity contribution in [3.05, 3.63) is 37.2 Å². The van der Waals surface area contributed by atoms with E-state index in [0.29, 0.717) is 17.6 Å². The highest BCUT2D eigenvalue weighted by Gasteiger charge is 2.17. The van der Waals surface area contributed by atoms with Crippen LogP contribution < -0.4 is 10.6 Å². The average molecular weight is 364 g/mol. The fourth-order valence-corrected chi connectivity index (χ4v) is 3.42. The van der Waals surface area contributed by atoms with Crippen molar-refractivity contribution < 1.29 is 0 Å². The molecule has 0 unspecified atom stereocenters. The van der Waals surface area contributed by atoms with Gasteiger partial charge in [-0.05, 0) is 25.9 Å². The van der Waals surface area contributed by atoms with Crippen molar-refractivity contribution in [2.75, 3.05) is 18.4 Å². The lowest BCUT2D eigenvalue weighted by atomic mass is 10.1. The number of rotatable bonds is 4. The van der Waals surface area contributed by atoms with Crippen LogP contribution in [-0.4, -0.2) is 52.2 Å². The highest BCUT2D eigenvalue weighted by Crippen LogP contribution is 2.23. The van der Waals surface area contributed by atoms with Gasteiger partial charge in [0.05, 0.1) is 24.1 Å². The molecule has 10 nitrogen and oxygen atoms in total. The van der Waals surface area contributed by atoms with Gasteiger partial charge in [0.25, 0.3) is 0 Å². The monoisotopic (exact) mass is 364 g/mol. The summed E-state index contributed by atoms with van der Waals surface area (Å²) in [5, 5.41) is 19.8. The van der Waals surface area contributed by atoms with Crippen molar-refractivity contribution in [3.8, 4) is 11.3 Å². The summed E-state index contributed by atoms with van der Waals surface area (Å²) in [6.45, 7) is 2.07. The van der Waals surface area contributed by atoms with Gasteiger partial charge in [0, 0.05) is 37.4 Å². The number of hydrogen-bond donors (Lipinski definition) is 2. The predicted molar refractivity (Wildman–Crippen MR) is 99.6 cm³/mol. The second-order valence-electron chi connectivity index (χ2n) is 6.70. The zero-order valence-corrected chi connectivity index (χ0v) is 14.9. The Morgan fingerprint density at radius 3 is 2.85 bits per heavy atom. The maximum Gasteiger partial charge on any atom is 0.247 e. The summed E-state index contributed by atoms with van der Waals surface area (Å²) < 4.78 is 5.49. The van der Waals surface area contributed by atoms with Crippen LogP contribution in [0.4, 0.5) is 11.6 Å². The third-order valence-electron chi connectivity index (χ3n) is 4.77. The van der Waals surface area contributed by atoms with E-state index in [1.54, 1.807) is 27.8 Å². The minimum atomic E-state index is 0.442. The van der Waals surface area contributed by atoms with Gasteiger partial charge >= 0.3 is 0 Å². The van der Waals surface area contributed by atoms with Gasteiger partial charge in [-0.2, -0.15) is 15.2 Å². The second-order valence-corrected chi connectivity index (χ2v) is 6.70. The fraction of sp³-hybridized carbons (Fsp3) is 0.353. The molecular formula is C17H20N10. The van der Waals surface area contributed by atoms with E-state index in [1.165, 1.54) is 0 Å². The normalized spacial score (nSPS) is 15.4. The number of nitrogens with zero attached hydrogens (tertiary/aromatic N) is 8. The summed E-state index contributed by atoms with van der Waals surface area (Å²) in [5.41, 5.74) is 3.21. The fourth-order valence-electron chi connectivity index (χ4n) is 3.42. The third kappa shape index (κ3) is 3.04. The summed E-state index contributed by atoms with van der Waals surface area (Å²) in [4.78, 5) is 9.06. The molecule has 1 aliphatic heterocycles. The molecule has 10 heteroatoms. The number of anilines is 2. The molecule has 0 bridgehead atoms. The maximum absolute atomic E-state index is 4.61. The van der Waals surface area contributed by atoms with Crippen LogP contribution in [0.15, 0.2) is 37.2 Å². The van der Waals surface area contributed by atoms with Crippen molar-refractivity contribution >= 4 is 17.3 Å². The van der Waals surface area contributed by atoms with Crippen LogP contribution >= 0.6 is 0 Å². The Morgan fingerprint density at radius 1 is 1.15 bits per heavy atom. The third-order valence-corrected chi connectivity index (χ3v) is 4.77. The van der Waals surface area contributed by atoms with Crippen molar-refractivity contribution in [1.29, 1.82) is 0 Å². The molecule has 0 aliphatic carbocycles. The minimum absolute atomic E-state index is 0.442. The van der Waals surface area contributed by atoms with Gasteiger partial charge in [0.15, 0.2) is 5.65 Å². The van der Waals surface area contributed by atoms with E-state index in [1.807, 2.05) is 30.3 Å². The van der Waals surface area contributed by atoms with Gasteiger partial charge in [-0.25, -0.2) is 4.52 Å². The summed E-state index contributed by atoms with van der Waals surface area (Å²) in [5.74, 6) is 0.512. The van der Waals surface area contributed by atoms with Crippen molar-refractivity contribution in [2.45, 2.75) is 18.9 Å². The molecule has 4 aromatic heterocycles. The molecule has 0 radical (unpaired) electrons. The molecule has 1 saturated heterocycles. The van der Waals surface area contributed by atoms with Gasteiger partial charge in [0.2, 0.25) is 5.95 Å². The molecule has 1 aliphatic rings. The van der Waals surface area contributed by atoms with Crippen LogP contribution in [-0.2, 0) is 7.05 Å². The van der Waals surface area contributed by atoms with Gasteiger partial charge in [-0.1, -0.05) is 0 Å². The molecule has 0 atom stereocenters. The Bertz CT molecular complexity index is 1070. The molecule has 5 heterocycles. The summed E-state index contributed by atoms with van der Waals surface area (Å²) in [7, 11) is 1.88. The van der Waals surface area contributed by atoms with E-state index < -0.39 is 0 Å². The second kappa shape index (κ2) is 6.47. The lowest BCUT2D eigenvalue weighted by Gasteiger charge is -2.22. The standard InChI is InChI=1S/C17H20N10/c1-25-10-12(8-20-25)15-16-23-17(24-26(16)7-6-19-15)22-13-9-21-27(11-13)14-2-4-18-5-3-14/h6-11,14,18H,2-5H2,1H3,(H,22,24). The molecule has 0 aromatic carbocycles. The number of nitrogens with one attached hydrogen (secondary N) is 2. The lowest BCUT2D eigenvalue weighted by molar-refractivity contribution is 0.343. The number of piperidine rings is 1. The number of aromatic nitrogens is 8. The maximum atomic E-state index is 4.61. The molecule has 138 valence electrons. The first-order valence-electron chi connectivity index (χ1n) is 8.98. The van der Waals surface area contributed by atoms with Crippen molar-refractivity contribution in [1.82, 2.24) is 44.5 Å². The van der Waals surface area contributed by atoms with Gasteiger partial charge < -0.3 is 10.6 Å². The molecular weight excluding hydrogens is 344 g/mol.